The Bertz CT molecular complexity index is 580. The third-order valence-corrected chi connectivity index (χ3v) is 3.71. The van der Waals surface area contributed by atoms with Gasteiger partial charge in [0.15, 0.2) is 5.82 Å². The maximum absolute atomic E-state index is 12.7. The molecule has 0 aliphatic heterocycles. The van der Waals surface area contributed by atoms with Gasteiger partial charge in [-0.2, -0.15) is 5.10 Å². The van der Waals surface area contributed by atoms with Crippen LogP contribution in [-0.4, -0.2) is 21.9 Å². The number of hydrogen-bond donors (Lipinski definition) is 2. The standard InChI is InChI=1S/C13H14FN3OS/c1-8-9(2)16-17-13(8)15-12(18)7-19-11-5-3-10(14)4-6-11/h3-6H,7H2,1-2H3,(H2,15,16,17,18). The number of rotatable bonds is 4. The van der Waals surface area contributed by atoms with Gasteiger partial charge in [0.05, 0.1) is 5.75 Å². The van der Waals surface area contributed by atoms with Crippen LogP contribution in [0.15, 0.2) is 29.2 Å². The zero-order valence-electron chi connectivity index (χ0n) is 10.7. The fourth-order valence-corrected chi connectivity index (χ4v) is 2.15. The molecule has 1 amide bonds. The number of aromatic amines is 1. The van der Waals surface area contributed by atoms with Crippen molar-refractivity contribution in [2.24, 2.45) is 0 Å². The van der Waals surface area contributed by atoms with Crippen molar-refractivity contribution in [1.82, 2.24) is 10.2 Å². The molecule has 1 aromatic heterocycles. The molecule has 6 heteroatoms. The lowest BCUT2D eigenvalue weighted by Gasteiger charge is -2.03. The number of amides is 1. The highest BCUT2D eigenvalue weighted by atomic mass is 32.2. The second kappa shape index (κ2) is 5.88. The Balaban J connectivity index is 1.88. The summed E-state index contributed by atoms with van der Waals surface area (Å²) < 4.78 is 12.7. The summed E-state index contributed by atoms with van der Waals surface area (Å²) in [6.45, 7) is 3.78. The molecule has 0 bridgehead atoms. The quantitative estimate of drug-likeness (QED) is 0.846. The highest BCUT2D eigenvalue weighted by molar-refractivity contribution is 8.00. The van der Waals surface area contributed by atoms with Gasteiger partial charge in [0.1, 0.15) is 5.82 Å². The number of aryl methyl sites for hydroxylation is 1. The minimum absolute atomic E-state index is 0.135. The molecule has 0 spiro atoms. The summed E-state index contributed by atoms with van der Waals surface area (Å²) in [6, 6.07) is 6.05. The smallest absolute Gasteiger partial charge is 0.235 e. The number of halogens is 1. The lowest BCUT2D eigenvalue weighted by atomic mass is 10.3. The second-order valence-corrected chi connectivity index (χ2v) is 5.16. The molecule has 0 radical (unpaired) electrons. The van der Waals surface area contributed by atoms with Crippen molar-refractivity contribution in [2.45, 2.75) is 18.7 Å². The Morgan fingerprint density at radius 3 is 2.63 bits per heavy atom. The third-order valence-electron chi connectivity index (χ3n) is 2.69. The van der Waals surface area contributed by atoms with Gasteiger partial charge in [0, 0.05) is 16.2 Å². The average molecular weight is 279 g/mol. The highest BCUT2D eigenvalue weighted by Gasteiger charge is 2.09. The Hall–Kier alpha value is -1.82. The Kier molecular flexibility index (Phi) is 4.21. The molecular formula is C13H14FN3OS. The summed E-state index contributed by atoms with van der Waals surface area (Å²) in [4.78, 5) is 12.6. The van der Waals surface area contributed by atoms with Crippen molar-refractivity contribution >= 4 is 23.5 Å². The molecule has 1 heterocycles. The zero-order valence-corrected chi connectivity index (χ0v) is 11.5. The van der Waals surface area contributed by atoms with Gasteiger partial charge in [0.2, 0.25) is 5.91 Å². The predicted molar refractivity (Wildman–Crippen MR) is 73.8 cm³/mol. The van der Waals surface area contributed by atoms with E-state index in [-0.39, 0.29) is 17.5 Å². The summed E-state index contributed by atoms with van der Waals surface area (Å²) >= 11 is 1.35. The van der Waals surface area contributed by atoms with Gasteiger partial charge in [0.25, 0.3) is 0 Å². The Morgan fingerprint density at radius 1 is 1.37 bits per heavy atom. The molecule has 2 N–H and O–H groups in total. The molecule has 100 valence electrons. The number of hydrogen-bond acceptors (Lipinski definition) is 3. The summed E-state index contributed by atoms with van der Waals surface area (Å²) in [5.74, 6) is 0.402. The molecule has 19 heavy (non-hydrogen) atoms. The van der Waals surface area contributed by atoms with E-state index in [0.29, 0.717) is 5.82 Å². The lowest BCUT2D eigenvalue weighted by molar-refractivity contribution is -0.113. The molecular weight excluding hydrogens is 265 g/mol. The first kappa shape index (κ1) is 13.6. The van der Waals surface area contributed by atoms with E-state index in [0.717, 1.165) is 16.2 Å². The van der Waals surface area contributed by atoms with E-state index < -0.39 is 0 Å². The van der Waals surface area contributed by atoms with Crippen LogP contribution in [0.5, 0.6) is 0 Å². The zero-order chi connectivity index (χ0) is 13.8. The fourth-order valence-electron chi connectivity index (χ4n) is 1.45. The van der Waals surface area contributed by atoms with Gasteiger partial charge in [-0.15, -0.1) is 11.8 Å². The minimum atomic E-state index is -0.281. The number of carbonyl (C=O) groups is 1. The number of thioether (sulfide) groups is 1. The van der Waals surface area contributed by atoms with E-state index in [1.165, 1.54) is 23.9 Å². The maximum atomic E-state index is 12.7. The van der Waals surface area contributed by atoms with Crippen LogP contribution in [0.1, 0.15) is 11.3 Å². The van der Waals surface area contributed by atoms with Crippen molar-refractivity contribution in [2.75, 3.05) is 11.1 Å². The van der Waals surface area contributed by atoms with E-state index in [4.69, 9.17) is 0 Å². The van der Waals surface area contributed by atoms with Gasteiger partial charge in [-0.25, -0.2) is 4.39 Å². The second-order valence-electron chi connectivity index (χ2n) is 4.11. The van der Waals surface area contributed by atoms with Crippen LogP contribution in [0.2, 0.25) is 0 Å². The molecule has 0 unspecified atom stereocenters. The summed E-state index contributed by atoms with van der Waals surface area (Å²) in [5, 5.41) is 9.55. The topological polar surface area (TPSA) is 57.8 Å². The van der Waals surface area contributed by atoms with Crippen molar-refractivity contribution < 1.29 is 9.18 Å². The van der Waals surface area contributed by atoms with Crippen LogP contribution in [0.3, 0.4) is 0 Å². The number of nitrogens with zero attached hydrogens (tertiary/aromatic N) is 1. The first-order valence-corrected chi connectivity index (χ1v) is 6.74. The number of nitrogens with one attached hydrogen (secondary N) is 2. The largest absolute Gasteiger partial charge is 0.308 e. The van der Waals surface area contributed by atoms with Crippen LogP contribution in [0, 0.1) is 19.7 Å². The lowest BCUT2D eigenvalue weighted by Crippen LogP contribution is -2.15. The van der Waals surface area contributed by atoms with Crippen molar-refractivity contribution in [3.8, 4) is 0 Å². The monoisotopic (exact) mass is 279 g/mol. The van der Waals surface area contributed by atoms with Crippen molar-refractivity contribution in [3.63, 3.8) is 0 Å². The normalized spacial score (nSPS) is 10.5. The number of aromatic nitrogens is 2. The van der Waals surface area contributed by atoms with Gasteiger partial charge in [-0.3, -0.25) is 9.89 Å². The SMILES string of the molecule is Cc1[nH]nc(NC(=O)CSc2ccc(F)cc2)c1C. The van der Waals surface area contributed by atoms with Gasteiger partial charge >= 0.3 is 0 Å². The molecule has 0 aliphatic carbocycles. The van der Waals surface area contributed by atoms with E-state index in [1.807, 2.05) is 13.8 Å². The van der Waals surface area contributed by atoms with Gasteiger partial charge < -0.3 is 5.32 Å². The number of benzene rings is 1. The molecule has 2 aromatic rings. The maximum Gasteiger partial charge on any atom is 0.235 e. The van der Waals surface area contributed by atoms with Crippen LogP contribution in [-0.2, 0) is 4.79 Å². The van der Waals surface area contributed by atoms with Crippen LogP contribution < -0.4 is 5.32 Å². The summed E-state index contributed by atoms with van der Waals surface area (Å²) in [5.41, 5.74) is 1.86. The molecule has 2 rings (SSSR count). The van der Waals surface area contributed by atoms with Gasteiger partial charge in [-0.05, 0) is 38.1 Å². The Morgan fingerprint density at radius 2 is 2.05 bits per heavy atom. The summed E-state index contributed by atoms with van der Waals surface area (Å²) in [7, 11) is 0. The first-order valence-electron chi connectivity index (χ1n) is 5.76. The van der Waals surface area contributed by atoms with Crippen molar-refractivity contribution in [3.05, 3.63) is 41.3 Å². The van der Waals surface area contributed by atoms with Crippen LogP contribution in [0.4, 0.5) is 10.2 Å². The van der Waals surface area contributed by atoms with Crippen molar-refractivity contribution in [1.29, 1.82) is 0 Å². The van der Waals surface area contributed by atoms with Gasteiger partial charge in [-0.1, -0.05) is 0 Å². The van der Waals surface area contributed by atoms with E-state index in [2.05, 4.69) is 15.5 Å². The molecule has 4 nitrogen and oxygen atoms in total. The molecule has 0 fully saturated rings. The third kappa shape index (κ3) is 3.57. The molecule has 0 saturated carbocycles. The Labute approximate surface area is 114 Å². The molecule has 0 saturated heterocycles. The summed E-state index contributed by atoms with van der Waals surface area (Å²) in [6.07, 6.45) is 0. The molecule has 0 aliphatic rings. The van der Waals surface area contributed by atoms with Crippen LogP contribution >= 0.6 is 11.8 Å². The first-order chi connectivity index (χ1) is 9.06. The van der Waals surface area contributed by atoms with E-state index in [9.17, 15) is 9.18 Å². The average Bonchev–Trinajstić information content (AvgIpc) is 2.70. The molecule has 0 atom stereocenters. The number of anilines is 1. The number of carbonyl (C=O) groups excluding carboxylic acids is 1. The number of H-pyrrole nitrogens is 1. The van der Waals surface area contributed by atoms with E-state index >= 15 is 0 Å². The molecule has 1 aromatic carbocycles. The predicted octanol–water partition coefficient (Wildman–Crippen LogP) is 2.90. The fraction of sp³-hybridized carbons (Fsp3) is 0.231. The highest BCUT2D eigenvalue weighted by Crippen LogP contribution is 2.19. The minimum Gasteiger partial charge on any atom is -0.308 e. The van der Waals surface area contributed by atoms with Crippen LogP contribution in [0.25, 0.3) is 0 Å². The van der Waals surface area contributed by atoms with E-state index in [1.54, 1.807) is 12.1 Å².